The first-order valence-electron chi connectivity index (χ1n) is 5.10. The zero-order chi connectivity index (χ0) is 11.1. The minimum Gasteiger partial charge on any atom is -0.322 e. The molecule has 82 valence electrons. The van der Waals surface area contributed by atoms with Gasteiger partial charge in [0.05, 0.1) is 0 Å². The van der Waals surface area contributed by atoms with Crippen molar-refractivity contribution >= 4 is 0 Å². The lowest BCUT2D eigenvalue weighted by molar-refractivity contribution is -0.399. The van der Waals surface area contributed by atoms with Gasteiger partial charge in [0.1, 0.15) is 0 Å². The fourth-order valence-electron chi connectivity index (χ4n) is 1.60. The Kier molecular flexibility index (Phi) is 2.34. The van der Waals surface area contributed by atoms with Crippen LogP contribution in [0.4, 0.5) is 0 Å². The van der Waals surface area contributed by atoms with Crippen LogP contribution in [-0.4, -0.2) is 6.79 Å². The van der Waals surface area contributed by atoms with Gasteiger partial charge in [-0.2, -0.15) is 0 Å². The Morgan fingerprint density at radius 1 is 1.33 bits per heavy atom. The minimum absolute atomic E-state index is 0.337. The molecule has 1 aromatic rings. The monoisotopic (exact) mass is 207 g/mol. The number of nitrogens with two attached hydrogens (primary N) is 1. The Labute approximate surface area is 90.2 Å². The summed E-state index contributed by atoms with van der Waals surface area (Å²) in [7, 11) is 0. The van der Waals surface area contributed by atoms with E-state index in [-0.39, 0.29) is 5.54 Å². The smallest absolute Gasteiger partial charge is 0.197 e. The van der Waals surface area contributed by atoms with Gasteiger partial charge in [-0.05, 0) is 32.4 Å². The van der Waals surface area contributed by atoms with Gasteiger partial charge in [0.2, 0.25) is 0 Å². The minimum atomic E-state index is -0.582. The quantitative estimate of drug-likeness (QED) is 0.807. The Bertz CT molecular complexity index is 364. The van der Waals surface area contributed by atoms with E-state index >= 15 is 0 Å². The van der Waals surface area contributed by atoms with Crippen molar-refractivity contribution in [1.82, 2.24) is 0 Å². The van der Waals surface area contributed by atoms with Gasteiger partial charge in [-0.25, -0.2) is 0 Å². The second-order valence-electron chi connectivity index (χ2n) is 4.65. The predicted molar refractivity (Wildman–Crippen MR) is 58.0 cm³/mol. The highest BCUT2D eigenvalue weighted by atomic mass is 16.9. The Balaban J connectivity index is 2.35. The molecule has 2 rings (SSSR count). The van der Waals surface area contributed by atoms with E-state index in [1.165, 1.54) is 0 Å². The average molecular weight is 207 g/mol. The van der Waals surface area contributed by atoms with Gasteiger partial charge in [0.25, 0.3) is 0 Å². The highest BCUT2D eigenvalue weighted by Crippen LogP contribution is 2.35. The summed E-state index contributed by atoms with van der Waals surface area (Å²) in [6.45, 7) is 6.25. The van der Waals surface area contributed by atoms with E-state index in [1.54, 1.807) is 0 Å². The fourth-order valence-corrected chi connectivity index (χ4v) is 1.60. The standard InChI is InChI=1S/C12H17NO2/c1-11(2,13)9-5-4-6-10(7-9)12(3)14-8-15-12/h4-7H,8,13H2,1-3H3. The lowest BCUT2D eigenvalue weighted by atomic mass is 9.92. The fraction of sp³-hybridized carbons (Fsp3) is 0.500. The third-order valence-corrected chi connectivity index (χ3v) is 2.80. The van der Waals surface area contributed by atoms with Crippen LogP contribution in [0.15, 0.2) is 24.3 Å². The van der Waals surface area contributed by atoms with Crippen molar-refractivity contribution in [2.75, 3.05) is 6.79 Å². The molecule has 0 aliphatic carbocycles. The Morgan fingerprint density at radius 2 is 2.00 bits per heavy atom. The maximum absolute atomic E-state index is 6.05. The van der Waals surface area contributed by atoms with Crippen molar-refractivity contribution in [3.63, 3.8) is 0 Å². The molecular formula is C12H17NO2. The molecule has 0 radical (unpaired) electrons. The molecule has 1 saturated heterocycles. The molecule has 15 heavy (non-hydrogen) atoms. The normalized spacial score (nSPS) is 19.7. The molecule has 0 saturated carbocycles. The Morgan fingerprint density at radius 3 is 2.47 bits per heavy atom. The lowest BCUT2D eigenvalue weighted by Crippen LogP contribution is -2.41. The third-order valence-electron chi connectivity index (χ3n) is 2.80. The number of benzene rings is 1. The van der Waals surface area contributed by atoms with E-state index < -0.39 is 5.79 Å². The van der Waals surface area contributed by atoms with Crippen molar-refractivity contribution in [2.24, 2.45) is 5.73 Å². The molecule has 0 bridgehead atoms. The number of rotatable bonds is 2. The molecule has 0 amide bonds. The molecule has 0 atom stereocenters. The highest BCUT2D eigenvalue weighted by molar-refractivity contribution is 5.31. The second kappa shape index (κ2) is 3.30. The first-order valence-corrected chi connectivity index (χ1v) is 5.10. The summed E-state index contributed by atoms with van der Waals surface area (Å²) >= 11 is 0. The van der Waals surface area contributed by atoms with Crippen LogP contribution in [0.2, 0.25) is 0 Å². The van der Waals surface area contributed by atoms with Crippen molar-refractivity contribution in [3.8, 4) is 0 Å². The molecule has 0 aromatic heterocycles. The van der Waals surface area contributed by atoms with E-state index in [4.69, 9.17) is 15.2 Å². The molecule has 2 N–H and O–H groups in total. The predicted octanol–water partition coefficient (Wildman–Crippen LogP) is 2.06. The largest absolute Gasteiger partial charge is 0.322 e. The van der Waals surface area contributed by atoms with Crippen molar-refractivity contribution < 1.29 is 9.47 Å². The van der Waals surface area contributed by atoms with Crippen LogP contribution in [0.25, 0.3) is 0 Å². The molecule has 1 aliphatic rings. The van der Waals surface area contributed by atoms with E-state index in [0.29, 0.717) is 6.79 Å². The van der Waals surface area contributed by atoms with Gasteiger partial charge in [-0.15, -0.1) is 0 Å². The summed E-state index contributed by atoms with van der Waals surface area (Å²) < 4.78 is 10.8. The van der Waals surface area contributed by atoms with Gasteiger partial charge in [0, 0.05) is 11.1 Å². The van der Waals surface area contributed by atoms with Crippen LogP contribution in [0.1, 0.15) is 31.9 Å². The van der Waals surface area contributed by atoms with Crippen LogP contribution in [0, 0.1) is 0 Å². The number of ether oxygens (including phenoxy) is 2. The highest BCUT2D eigenvalue weighted by Gasteiger charge is 2.36. The first-order chi connectivity index (χ1) is 6.92. The van der Waals surface area contributed by atoms with Gasteiger partial charge in [0.15, 0.2) is 12.6 Å². The summed E-state index contributed by atoms with van der Waals surface area (Å²) in [6.07, 6.45) is 0. The second-order valence-corrected chi connectivity index (χ2v) is 4.65. The van der Waals surface area contributed by atoms with Crippen LogP contribution in [-0.2, 0) is 20.8 Å². The maximum Gasteiger partial charge on any atom is 0.197 e. The van der Waals surface area contributed by atoms with Crippen LogP contribution >= 0.6 is 0 Å². The van der Waals surface area contributed by atoms with Crippen LogP contribution in [0.5, 0.6) is 0 Å². The SMILES string of the molecule is CC(C)(N)c1cccc(C2(C)OCO2)c1. The van der Waals surface area contributed by atoms with Gasteiger partial charge in [-0.3, -0.25) is 0 Å². The molecule has 1 aromatic carbocycles. The Hall–Kier alpha value is -0.900. The molecule has 1 heterocycles. The zero-order valence-corrected chi connectivity index (χ0v) is 9.41. The molecular weight excluding hydrogens is 190 g/mol. The van der Waals surface area contributed by atoms with Crippen molar-refractivity contribution in [3.05, 3.63) is 35.4 Å². The van der Waals surface area contributed by atoms with E-state index in [1.807, 2.05) is 45.0 Å². The van der Waals surface area contributed by atoms with Gasteiger partial charge >= 0.3 is 0 Å². The van der Waals surface area contributed by atoms with Crippen LogP contribution < -0.4 is 5.73 Å². The summed E-state index contributed by atoms with van der Waals surface area (Å²) in [5, 5.41) is 0. The number of hydrogen-bond donors (Lipinski definition) is 1. The average Bonchev–Trinajstić information content (AvgIpc) is 2.13. The summed E-state index contributed by atoms with van der Waals surface area (Å²) in [5.74, 6) is -0.582. The molecule has 0 unspecified atom stereocenters. The van der Waals surface area contributed by atoms with E-state index in [0.717, 1.165) is 11.1 Å². The first kappa shape index (κ1) is 10.6. The summed E-state index contributed by atoms with van der Waals surface area (Å²) in [4.78, 5) is 0. The van der Waals surface area contributed by atoms with Crippen LogP contribution in [0.3, 0.4) is 0 Å². The number of hydrogen-bond acceptors (Lipinski definition) is 3. The zero-order valence-electron chi connectivity index (χ0n) is 9.41. The topological polar surface area (TPSA) is 44.5 Å². The lowest BCUT2D eigenvalue weighted by Gasteiger charge is -2.39. The van der Waals surface area contributed by atoms with Gasteiger partial charge < -0.3 is 15.2 Å². The van der Waals surface area contributed by atoms with Gasteiger partial charge in [-0.1, -0.05) is 18.2 Å². The van der Waals surface area contributed by atoms with E-state index in [2.05, 4.69) is 0 Å². The van der Waals surface area contributed by atoms with Crippen molar-refractivity contribution in [1.29, 1.82) is 0 Å². The molecule has 1 fully saturated rings. The summed E-state index contributed by atoms with van der Waals surface area (Å²) in [6, 6.07) is 8.04. The third kappa shape index (κ3) is 1.91. The molecule has 1 aliphatic heterocycles. The maximum atomic E-state index is 6.05. The van der Waals surface area contributed by atoms with E-state index in [9.17, 15) is 0 Å². The van der Waals surface area contributed by atoms with Crippen molar-refractivity contribution in [2.45, 2.75) is 32.1 Å². The summed E-state index contributed by atoms with van der Waals surface area (Å²) in [5.41, 5.74) is 7.81. The molecule has 0 spiro atoms. The molecule has 3 heteroatoms. The molecule has 3 nitrogen and oxygen atoms in total.